The summed E-state index contributed by atoms with van der Waals surface area (Å²) in [5, 5.41) is 4.49. The molecule has 2 rings (SSSR count). The van der Waals surface area contributed by atoms with Crippen LogP contribution in [0.3, 0.4) is 0 Å². The van der Waals surface area contributed by atoms with E-state index in [0.717, 1.165) is 18.2 Å². The Morgan fingerprint density at radius 2 is 2.21 bits per heavy atom. The molecular weight excluding hydrogens is 270 g/mol. The summed E-state index contributed by atoms with van der Waals surface area (Å²) in [5.74, 6) is 3.90. The van der Waals surface area contributed by atoms with Crippen LogP contribution in [-0.2, 0) is 6.42 Å². The van der Waals surface area contributed by atoms with Gasteiger partial charge in [0.25, 0.3) is 0 Å². The second kappa shape index (κ2) is 8.23. The summed E-state index contributed by atoms with van der Waals surface area (Å²) >= 11 is 4.26. The minimum Gasteiger partial charge on any atom is -0.309 e. The molecule has 1 saturated heterocycles. The Bertz CT molecular complexity index is 375. The minimum atomic E-state index is 0.518. The van der Waals surface area contributed by atoms with Crippen LogP contribution in [0.15, 0.2) is 24.3 Å². The molecule has 1 aromatic rings. The maximum atomic E-state index is 3.77. The lowest BCUT2D eigenvalue weighted by molar-refractivity contribution is 0.530. The summed E-state index contributed by atoms with van der Waals surface area (Å²) in [6, 6.07) is 9.67. The van der Waals surface area contributed by atoms with Crippen LogP contribution in [0, 0.1) is 0 Å². The van der Waals surface area contributed by atoms with Gasteiger partial charge in [0.05, 0.1) is 0 Å². The third-order valence-electron chi connectivity index (χ3n) is 3.55. The first-order valence-electron chi connectivity index (χ1n) is 7.36. The van der Waals surface area contributed by atoms with Crippen LogP contribution < -0.4 is 5.32 Å². The smallest absolute Gasteiger partial charge is 0.0448 e. The number of nitrogens with one attached hydrogen (secondary N) is 1. The first-order valence-corrected chi connectivity index (χ1v) is 9.57. The Labute approximate surface area is 126 Å². The molecule has 0 spiro atoms. The lowest BCUT2D eigenvalue weighted by atomic mass is 10.0. The van der Waals surface area contributed by atoms with Crippen molar-refractivity contribution in [3.8, 4) is 0 Å². The van der Waals surface area contributed by atoms with E-state index in [0.29, 0.717) is 6.04 Å². The highest BCUT2D eigenvalue weighted by Crippen LogP contribution is 2.33. The van der Waals surface area contributed by atoms with Crippen molar-refractivity contribution in [1.29, 1.82) is 0 Å². The van der Waals surface area contributed by atoms with Crippen LogP contribution in [0.4, 0.5) is 0 Å². The molecule has 2 unspecified atom stereocenters. The molecule has 0 amide bonds. The lowest BCUT2D eigenvalue weighted by Gasteiger charge is -2.31. The van der Waals surface area contributed by atoms with E-state index in [1.807, 2.05) is 0 Å². The van der Waals surface area contributed by atoms with Crippen molar-refractivity contribution in [2.75, 3.05) is 23.8 Å². The third-order valence-corrected chi connectivity index (χ3v) is 6.41. The molecule has 2 atom stereocenters. The monoisotopic (exact) mass is 295 g/mol. The SMILES string of the molecule is CCCNC(c1cccc(CC)c1)C1CSCCS1. The highest BCUT2D eigenvalue weighted by molar-refractivity contribution is 8.06. The fourth-order valence-electron chi connectivity index (χ4n) is 2.47. The van der Waals surface area contributed by atoms with Crippen molar-refractivity contribution in [1.82, 2.24) is 5.32 Å². The molecular formula is C16H25NS2. The zero-order chi connectivity index (χ0) is 13.5. The minimum absolute atomic E-state index is 0.518. The average molecular weight is 296 g/mol. The molecule has 19 heavy (non-hydrogen) atoms. The van der Waals surface area contributed by atoms with Gasteiger partial charge in [0.2, 0.25) is 0 Å². The van der Waals surface area contributed by atoms with Crippen LogP contribution in [0.2, 0.25) is 0 Å². The fraction of sp³-hybridized carbons (Fsp3) is 0.625. The maximum absolute atomic E-state index is 3.77. The largest absolute Gasteiger partial charge is 0.309 e. The van der Waals surface area contributed by atoms with Gasteiger partial charge in [0, 0.05) is 28.6 Å². The van der Waals surface area contributed by atoms with Gasteiger partial charge in [0.1, 0.15) is 0 Å². The van der Waals surface area contributed by atoms with E-state index in [9.17, 15) is 0 Å². The van der Waals surface area contributed by atoms with Crippen molar-refractivity contribution < 1.29 is 0 Å². The maximum Gasteiger partial charge on any atom is 0.0448 e. The first-order chi connectivity index (χ1) is 9.35. The van der Waals surface area contributed by atoms with Crippen LogP contribution in [0.5, 0.6) is 0 Å². The quantitative estimate of drug-likeness (QED) is 0.847. The van der Waals surface area contributed by atoms with Gasteiger partial charge in [0.15, 0.2) is 0 Å². The summed E-state index contributed by atoms with van der Waals surface area (Å²) in [6.07, 6.45) is 2.33. The van der Waals surface area contributed by atoms with Crippen LogP contribution >= 0.6 is 23.5 Å². The van der Waals surface area contributed by atoms with Gasteiger partial charge in [-0.25, -0.2) is 0 Å². The predicted molar refractivity (Wildman–Crippen MR) is 90.4 cm³/mol. The first kappa shape index (κ1) is 15.3. The van der Waals surface area contributed by atoms with E-state index in [4.69, 9.17) is 0 Å². The third kappa shape index (κ3) is 4.44. The van der Waals surface area contributed by atoms with Gasteiger partial charge in [-0.05, 0) is 30.5 Å². The molecule has 0 aromatic heterocycles. The Morgan fingerprint density at radius 3 is 2.89 bits per heavy atom. The van der Waals surface area contributed by atoms with E-state index < -0.39 is 0 Å². The lowest BCUT2D eigenvalue weighted by Crippen LogP contribution is -2.34. The van der Waals surface area contributed by atoms with Crippen molar-refractivity contribution in [3.05, 3.63) is 35.4 Å². The van der Waals surface area contributed by atoms with Gasteiger partial charge in [-0.15, -0.1) is 0 Å². The van der Waals surface area contributed by atoms with E-state index >= 15 is 0 Å². The molecule has 0 bridgehead atoms. The van der Waals surface area contributed by atoms with Gasteiger partial charge in [-0.2, -0.15) is 23.5 Å². The van der Waals surface area contributed by atoms with Crippen LogP contribution in [0.1, 0.15) is 37.4 Å². The Kier molecular flexibility index (Phi) is 6.62. The van der Waals surface area contributed by atoms with Gasteiger partial charge < -0.3 is 5.32 Å². The normalized spacial score (nSPS) is 21.3. The van der Waals surface area contributed by atoms with Crippen molar-refractivity contribution >= 4 is 23.5 Å². The number of benzene rings is 1. The molecule has 1 aromatic carbocycles. The Balaban J connectivity index is 2.14. The molecule has 0 aliphatic carbocycles. The van der Waals surface area contributed by atoms with Crippen LogP contribution in [0.25, 0.3) is 0 Å². The number of hydrogen-bond acceptors (Lipinski definition) is 3. The summed E-state index contributed by atoms with van der Waals surface area (Å²) in [7, 11) is 0. The van der Waals surface area contributed by atoms with Crippen molar-refractivity contribution in [3.63, 3.8) is 0 Å². The van der Waals surface area contributed by atoms with E-state index in [1.165, 1.54) is 34.8 Å². The molecule has 1 aliphatic heterocycles. The number of thioether (sulfide) groups is 2. The molecule has 1 N–H and O–H groups in total. The van der Waals surface area contributed by atoms with Gasteiger partial charge in [-0.3, -0.25) is 0 Å². The predicted octanol–water partition coefficient (Wildman–Crippen LogP) is 4.14. The molecule has 0 saturated carbocycles. The molecule has 1 aliphatic rings. The second-order valence-electron chi connectivity index (χ2n) is 5.01. The number of rotatable bonds is 6. The fourth-order valence-corrected chi connectivity index (χ4v) is 5.34. The molecule has 1 nitrogen and oxygen atoms in total. The number of hydrogen-bond donors (Lipinski definition) is 1. The summed E-state index contributed by atoms with van der Waals surface area (Å²) in [4.78, 5) is 0. The summed E-state index contributed by atoms with van der Waals surface area (Å²) in [5.41, 5.74) is 2.93. The zero-order valence-electron chi connectivity index (χ0n) is 12.0. The topological polar surface area (TPSA) is 12.0 Å². The van der Waals surface area contributed by atoms with Gasteiger partial charge in [-0.1, -0.05) is 38.1 Å². The molecule has 0 radical (unpaired) electrons. The van der Waals surface area contributed by atoms with E-state index in [1.54, 1.807) is 0 Å². The standard InChI is InChI=1S/C16H25NS2/c1-3-8-17-16(15-12-18-9-10-19-15)14-7-5-6-13(4-2)11-14/h5-7,11,15-17H,3-4,8-10,12H2,1-2H3. The number of aryl methyl sites for hydroxylation is 1. The second-order valence-corrected chi connectivity index (χ2v) is 7.51. The van der Waals surface area contributed by atoms with Crippen molar-refractivity contribution in [2.24, 2.45) is 0 Å². The zero-order valence-corrected chi connectivity index (χ0v) is 13.7. The average Bonchev–Trinajstić information content (AvgIpc) is 2.49. The molecule has 1 heterocycles. The van der Waals surface area contributed by atoms with E-state index in [2.05, 4.69) is 67.0 Å². The Morgan fingerprint density at radius 1 is 1.32 bits per heavy atom. The summed E-state index contributed by atoms with van der Waals surface area (Å²) < 4.78 is 0. The molecule has 106 valence electrons. The van der Waals surface area contributed by atoms with E-state index in [-0.39, 0.29) is 0 Å². The summed E-state index contributed by atoms with van der Waals surface area (Å²) in [6.45, 7) is 5.59. The van der Waals surface area contributed by atoms with Crippen molar-refractivity contribution in [2.45, 2.75) is 38.0 Å². The molecule has 1 fully saturated rings. The highest BCUT2D eigenvalue weighted by Gasteiger charge is 2.25. The highest BCUT2D eigenvalue weighted by atomic mass is 32.2. The van der Waals surface area contributed by atoms with Crippen LogP contribution in [-0.4, -0.2) is 29.1 Å². The molecule has 3 heteroatoms. The van der Waals surface area contributed by atoms with Gasteiger partial charge >= 0.3 is 0 Å². The Hall–Kier alpha value is -0.120.